The van der Waals surface area contributed by atoms with E-state index in [4.69, 9.17) is 5.73 Å². The van der Waals surface area contributed by atoms with Gasteiger partial charge in [0, 0.05) is 31.0 Å². The number of hydrogen-bond acceptors (Lipinski definition) is 5. The number of aromatic nitrogens is 2. The van der Waals surface area contributed by atoms with E-state index in [1.807, 2.05) is 37.4 Å². The highest BCUT2D eigenvalue weighted by Crippen LogP contribution is 2.18. The summed E-state index contributed by atoms with van der Waals surface area (Å²) in [5, 5.41) is 3.22. The molecule has 2 rings (SSSR count). The van der Waals surface area contributed by atoms with Crippen LogP contribution in [0.15, 0.2) is 36.7 Å². The Kier molecular flexibility index (Phi) is 3.62. The fraction of sp³-hybridized carbons (Fsp3) is 0.231. The van der Waals surface area contributed by atoms with Gasteiger partial charge in [0.2, 0.25) is 0 Å². The third kappa shape index (κ3) is 2.88. The highest BCUT2D eigenvalue weighted by atomic mass is 15.2. The van der Waals surface area contributed by atoms with Crippen LogP contribution in [0.25, 0.3) is 0 Å². The topological polar surface area (TPSA) is 67.1 Å². The van der Waals surface area contributed by atoms with Gasteiger partial charge in [0.15, 0.2) is 0 Å². The standard InChI is InChI=1S/C13H17N5/c1-3-18(2)13-8-12(15-9-16-13)17-11-6-4-10(14)5-7-11/h4-9H,3,14H2,1-2H3,(H,15,16,17). The maximum Gasteiger partial charge on any atom is 0.135 e. The van der Waals surface area contributed by atoms with E-state index in [2.05, 4.69) is 27.1 Å². The van der Waals surface area contributed by atoms with E-state index in [-0.39, 0.29) is 0 Å². The maximum atomic E-state index is 5.64. The molecule has 0 aliphatic rings. The van der Waals surface area contributed by atoms with E-state index in [1.165, 1.54) is 0 Å². The van der Waals surface area contributed by atoms with Crippen molar-refractivity contribution in [3.05, 3.63) is 36.7 Å². The van der Waals surface area contributed by atoms with Gasteiger partial charge in [0.05, 0.1) is 0 Å². The third-order valence-electron chi connectivity index (χ3n) is 2.70. The molecule has 0 amide bonds. The Labute approximate surface area is 107 Å². The molecule has 0 spiro atoms. The minimum Gasteiger partial charge on any atom is -0.399 e. The van der Waals surface area contributed by atoms with Crippen molar-refractivity contribution in [3.63, 3.8) is 0 Å². The summed E-state index contributed by atoms with van der Waals surface area (Å²) in [6.07, 6.45) is 1.56. The molecule has 5 heteroatoms. The van der Waals surface area contributed by atoms with Crippen LogP contribution in [0.3, 0.4) is 0 Å². The van der Waals surface area contributed by atoms with Crippen LogP contribution >= 0.6 is 0 Å². The van der Waals surface area contributed by atoms with E-state index >= 15 is 0 Å². The zero-order valence-electron chi connectivity index (χ0n) is 10.6. The van der Waals surface area contributed by atoms with Crippen LogP contribution < -0.4 is 16.0 Å². The van der Waals surface area contributed by atoms with E-state index in [1.54, 1.807) is 6.33 Å². The van der Waals surface area contributed by atoms with Gasteiger partial charge in [-0.25, -0.2) is 9.97 Å². The van der Waals surface area contributed by atoms with Crippen molar-refractivity contribution in [2.45, 2.75) is 6.92 Å². The molecular formula is C13H17N5. The molecule has 0 fully saturated rings. The highest BCUT2D eigenvalue weighted by Gasteiger charge is 2.02. The summed E-state index contributed by atoms with van der Waals surface area (Å²) in [7, 11) is 2.00. The van der Waals surface area contributed by atoms with Crippen LogP contribution in [0.2, 0.25) is 0 Å². The zero-order valence-corrected chi connectivity index (χ0v) is 10.6. The van der Waals surface area contributed by atoms with Gasteiger partial charge in [0.25, 0.3) is 0 Å². The van der Waals surface area contributed by atoms with Crippen molar-refractivity contribution in [1.29, 1.82) is 0 Å². The first-order valence-electron chi connectivity index (χ1n) is 5.85. The van der Waals surface area contributed by atoms with Gasteiger partial charge in [-0.2, -0.15) is 0 Å². The van der Waals surface area contributed by atoms with Gasteiger partial charge in [-0.1, -0.05) is 0 Å². The summed E-state index contributed by atoms with van der Waals surface area (Å²) in [6, 6.07) is 9.45. The molecule has 1 aromatic carbocycles. The predicted molar refractivity (Wildman–Crippen MR) is 75.1 cm³/mol. The lowest BCUT2D eigenvalue weighted by molar-refractivity contribution is 0.930. The van der Waals surface area contributed by atoms with Crippen molar-refractivity contribution in [3.8, 4) is 0 Å². The molecule has 1 aromatic heterocycles. The molecule has 0 aliphatic carbocycles. The fourth-order valence-electron chi connectivity index (χ4n) is 1.50. The second kappa shape index (κ2) is 5.35. The van der Waals surface area contributed by atoms with Crippen molar-refractivity contribution < 1.29 is 0 Å². The SMILES string of the molecule is CCN(C)c1cc(Nc2ccc(N)cc2)ncn1. The fourth-order valence-corrected chi connectivity index (χ4v) is 1.50. The molecule has 0 unspecified atom stereocenters. The summed E-state index contributed by atoms with van der Waals surface area (Å²) in [4.78, 5) is 10.5. The largest absolute Gasteiger partial charge is 0.399 e. The van der Waals surface area contributed by atoms with Crippen LogP contribution in [0.4, 0.5) is 23.0 Å². The van der Waals surface area contributed by atoms with Gasteiger partial charge in [0.1, 0.15) is 18.0 Å². The average molecular weight is 243 g/mol. The molecule has 1 heterocycles. The van der Waals surface area contributed by atoms with Crippen LogP contribution in [-0.4, -0.2) is 23.6 Å². The lowest BCUT2D eigenvalue weighted by Crippen LogP contribution is -2.17. The molecule has 2 aromatic rings. The first-order chi connectivity index (χ1) is 8.69. The maximum absolute atomic E-state index is 5.64. The van der Waals surface area contributed by atoms with Gasteiger partial charge >= 0.3 is 0 Å². The van der Waals surface area contributed by atoms with Crippen LogP contribution in [0, 0.1) is 0 Å². The molecule has 3 N–H and O–H groups in total. The molecule has 0 bridgehead atoms. The second-order valence-electron chi connectivity index (χ2n) is 4.02. The number of nitrogens with two attached hydrogens (primary N) is 1. The predicted octanol–water partition coefficient (Wildman–Crippen LogP) is 2.26. The minimum atomic E-state index is 0.745. The molecule has 0 saturated carbocycles. The average Bonchev–Trinajstić information content (AvgIpc) is 2.41. The smallest absolute Gasteiger partial charge is 0.135 e. The number of hydrogen-bond donors (Lipinski definition) is 2. The molecule has 18 heavy (non-hydrogen) atoms. The molecule has 94 valence electrons. The number of nitrogens with zero attached hydrogens (tertiary/aromatic N) is 3. The number of nitrogens with one attached hydrogen (secondary N) is 1. The van der Waals surface area contributed by atoms with Gasteiger partial charge < -0.3 is 16.0 Å². The molecule has 0 radical (unpaired) electrons. The Morgan fingerprint density at radius 2 is 1.94 bits per heavy atom. The molecular weight excluding hydrogens is 226 g/mol. The number of nitrogen functional groups attached to an aromatic ring is 1. The lowest BCUT2D eigenvalue weighted by atomic mass is 10.3. The summed E-state index contributed by atoms with van der Waals surface area (Å²) < 4.78 is 0. The zero-order chi connectivity index (χ0) is 13.0. The highest BCUT2D eigenvalue weighted by molar-refractivity contribution is 5.61. The van der Waals surface area contributed by atoms with Crippen molar-refractivity contribution >= 4 is 23.0 Å². The third-order valence-corrected chi connectivity index (χ3v) is 2.70. The summed E-state index contributed by atoms with van der Waals surface area (Å²) >= 11 is 0. The van der Waals surface area contributed by atoms with Crippen molar-refractivity contribution in [2.75, 3.05) is 29.5 Å². The quantitative estimate of drug-likeness (QED) is 0.806. The van der Waals surface area contributed by atoms with E-state index in [0.29, 0.717) is 0 Å². The number of rotatable bonds is 4. The molecule has 0 saturated heterocycles. The minimum absolute atomic E-state index is 0.745. The monoisotopic (exact) mass is 243 g/mol. The molecule has 5 nitrogen and oxygen atoms in total. The summed E-state index contributed by atoms with van der Waals surface area (Å²) in [5.41, 5.74) is 7.34. The van der Waals surface area contributed by atoms with Gasteiger partial charge in [-0.3, -0.25) is 0 Å². The Bertz CT molecular complexity index is 509. The van der Waals surface area contributed by atoms with Gasteiger partial charge in [-0.05, 0) is 31.2 Å². The summed E-state index contributed by atoms with van der Waals surface area (Å²) in [5.74, 6) is 1.66. The Hall–Kier alpha value is -2.30. The Morgan fingerprint density at radius 3 is 2.61 bits per heavy atom. The summed E-state index contributed by atoms with van der Waals surface area (Å²) in [6.45, 7) is 2.98. The first kappa shape index (κ1) is 12.2. The number of benzene rings is 1. The van der Waals surface area contributed by atoms with Crippen LogP contribution in [0.1, 0.15) is 6.92 Å². The van der Waals surface area contributed by atoms with E-state index < -0.39 is 0 Å². The van der Waals surface area contributed by atoms with Crippen LogP contribution in [0.5, 0.6) is 0 Å². The molecule has 0 aliphatic heterocycles. The lowest BCUT2D eigenvalue weighted by Gasteiger charge is -2.16. The second-order valence-corrected chi connectivity index (χ2v) is 4.02. The normalized spacial score (nSPS) is 10.1. The Morgan fingerprint density at radius 1 is 1.22 bits per heavy atom. The van der Waals surface area contributed by atoms with E-state index in [9.17, 15) is 0 Å². The van der Waals surface area contributed by atoms with Gasteiger partial charge in [-0.15, -0.1) is 0 Å². The number of anilines is 4. The molecule has 0 atom stereocenters. The Balaban J connectivity index is 2.16. The van der Waals surface area contributed by atoms with Crippen LogP contribution in [-0.2, 0) is 0 Å². The van der Waals surface area contributed by atoms with E-state index in [0.717, 1.165) is 29.6 Å². The van der Waals surface area contributed by atoms with Crippen molar-refractivity contribution in [2.24, 2.45) is 0 Å². The van der Waals surface area contributed by atoms with Crippen molar-refractivity contribution in [1.82, 2.24) is 9.97 Å². The first-order valence-corrected chi connectivity index (χ1v) is 5.85.